The zero-order valence-electron chi connectivity index (χ0n) is 18.7. The van der Waals surface area contributed by atoms with Crippen molar-refractivity contribution in [2.75, 3.05) is 26.2 Å². The van der Waals surface area contributed by atoms with Crippen molar-refractivity contribution in [3.8, 4) is 0 Å². The van der Waals surface area contributed by atoms with Crippen molar-refractivity contribution >= 4 is 35.8 Å². The van der Waals surface area contributed by atoms with E-state index in [1.807, 2.05) is 0 Å². The van der Waals surface area contributed by atoms with Gasteiger partial charge in [-0.25, -0.2) is 4.99 Å². The van der Waals surface area contributed by atoms with Gasteiger partial charge in [0.1, 0.15) is 12.3 Å². The van der Waals surface area contributed by atoms with Gasteiger partial charge in [-0.05, 0) is 56.3 Å². The number of fused-ring (bicyclic) bond motifs is 1. The van der Waals surface area contributed by atoms with Crippen molar-refractivity contribution in [2.45, 2.75) is 45.3 Å². The van der Waals surface area contributed by atoms with Gasteiger partial charge in [0.05, 0.1) is 0 Å². The van der Waals surface area contributed by atoms with Crippen LogP contribution in [0.25, 0.3) is 0 Å². The number of nitrogens with zero attached hydrogens (tertiary/aromatic N) is 3. The monoisotopic (exact) mass is 551 g/mol. The third-order valence-corrected chi connectivity index (χ3v) is 6.34. The normalized spacial score (nSPS) is 21.5. The number of carbonyl (C=O) groups is 1. The van der Waals surface area contributed by atoms with Crippen molar-refractivity contribution in [3.63, 3.8) is 0 Å². The highest BCUT2D eigenvalue weighted by Gasteiger charge is 2.36. The first-order chi connectivity index (χ1) is 15.1. The molecule has 3 heterocycles. The molecular weight excluding hydrogens is 517 g/mol. The Labute approximate surface area is 207 Å². The largest absolute Gasteiger partial charge is 0.454 e. The predicted molar refractivity (Wildman–Crippen MR) is 137 cm³/mol. The molecule has 1 aromatic carbocycles. The maximum atomic E-state index is 11.2. The molecule has 174 valence electrons. The van der Waals surface area contributed by atoms with E-state index in [-0.39, 0.29) is 29.7 Å². The van der Waals surface area contributed by atoms with Gasteiger partial charge in [-0.3, -0.25) is 9.69 Å². The number of halogens is 1. The predicted octanol–water partition coefficient (Wildman–Crippen LogP) is 3.45. The Hall–Kier alpha value is -2.07. The number of benzene rings is 1. The number of carbonyl (C=O) groups excluding carboxylic acids is 1. The van der Waals surface area contributed by atoms with Crippen molar-refractivity contribution in [3.05, 3.63) is 59.5 Å². The Morgan fingerprint density at radius 3 is 2.72 bits per heavy atom. The minimum Gasteiger partial charge on any atom is -0.454 e. The fourth-order valence-electron chi connectivity index (χ4n) is 4.89. The molecule has 8 heteroatoms. The van der Waals surface area contributed by atoms with Gasteiger partial charge in [0.25, 0.3) is 5.91 Å². The number of rotatable bonds is 6. The third kappa shape index (κ3) is 6.04. The summed E-state index contributed by atoms with van der Waals surface area (Å²) in [5.74, 6) is 1.84. The molecule has 0 bridgehead atoms. The fraction of sp³-hybridized carbons (Fsp3) is 0.500. The van der Waals surface area contributed by atoms with Crippen molar-refractivity contribution in [1.82, 2.24) is 15.1 Å². The highest BCUT2D eigenvalue weighted by atomic mass is 127. The Bertz CT molecular complexity index is 901. The summed E-state index contributed by atoms with van der Waals surface area (Å²) in [6, 6.07) is 14.8. The number of nitrogens with one attached hydrogen (secondary N) is 1. The molecule has 0 spiro atoms. The number of hydrogen-bond donors (Lipinski definition) is 2. The number of aliphatic imine (C=N–C) groups is 1. The van der Waals surface area contributed by atoms with Gasteiger partial charge in [0.2, 0.25) is 0 Å². The fourth-order valence-corrected chi connectivity index (χ4v) is 4.89. The second-order valence-electron chi connectivity index (χ2n) is 8.46. The molecular formula is C24H34IN5O2. The van der Waals surface area contributed by atoms with Crippen molar-refractivity contribution in [1.29, 1.82) is 0 Å². The van der Waals surface area contributed by atoms with E-state index in [0.29, 0.717) is 24.3 Å². The number of nitrogens with two attached hydrogens (primary N) is 1. The quantitative estimate of drug-likeness (QED) is 0.327. The minimum absolute atomic E-state index is 0. The van der Waals surface area contributed by atoms with Gasteiger partial charge in [0, 0.05) is 32.2 Å². The van der Waals surface area contributed by atoms with Gasteiger partial charge in [-0.15, -0.1) is 24.0 Å². The summed E-state index contributed by atoms with van der Waals surface area (Å²) < 4.78 is 5.48. The van der Waals surface area contributed by atoms with E-state index < -0.39 is 5.91 Å². The smallest absolute Gasteiger partial charge is 0.284 e. The number of furan rings is 1. The van der Waals surface area contributed by atoms with Crippen LogP contribution in [-0.2, 0) is 13.1 Å². The van der Waals surface area contributed by atoms with Crippen LogP contribution in [0.2, 0.25) is 0 Å². The maximum absolute atomic E-state index is 11.2. The summed E-state index contributed by atoms with van der Waals surface area (Å²) >= 11 is 0. The lowest BCUT2D eigenvalue weighted by atomic mass is 9.83. The Morgan fingerprint density at radius 1 is 1.19 bits per heavy atom. The minimum atomic E-state index is -0.554. The second kappa shape index (κ2) is 11.7. The standard InChI is InChI=1S/C24H33N5O2.HI/c1-2-26-24(27-15-20-10-11-22(31-20)23(25)30)29-14-12-21-19(17-29)9-6-13-28(21)16-18-7-4-3-5-8-18;/h3-5,7-8,10-11,19,21H,2,6,9,12-17H2,1H3,(H2,25,30)(H,26,27);1H. The van der Waals surface area contributed by atoms with Crippen molar-refractivity contribution < 1.29 is 9.21 Å². The van der Waals surface area contributed by atoms with E-state index in [4.69, 9.17) is 15.1 Å². The summed E-state index contributed by atoms with van der Waals surface area (Å²) in [5.41, 5.74) is 6.67. The number of hydrogen-bond acceptors (Lipinski definition) is 4. The van der Waals surface area contributed by atoms with Crippen LogP contribution in [0, 0.1) is 5.92 Å². The molecule has 2 aliphatic heterocycles. The molecule has 2 fully saturated rings. The van der Waals surface area contributed by atoms with Crippen LogP contribution in [0.15, 0.2) is 51.9 Å². The molecule has 32 heavy (non-hydrogen) atoms. The summed E-state index contributed by atoms with van der Waals surface area (Å²) in [6.45, 7) is 7.52. The van der Waals surface area contributed by atoms with E-state index in [1.165, 1.54) is 24.9 Å². The van der Waals surface area contributed by atoms with Gasteiger partial charge in [0.15, 0.2) is 11.7 Å². The van der Waals surface area contributed by atoms with E-state index in [9.17, 15) is 4.79 Å². The number of guanidine groups is 1. The first-order valence-electron chi connectivity index (χ1n) is 11.3. The zero-order chi connectivity index (χ0) is 21.6. The molecule has 0 aliphatic carbocycles. The molecule has 1 aromatic heterocycles. The van der Waals surface area contributed by atoms with E-state index in [2.05, 4.69) is 52.4 Å². The summed E-state index contributed by atoms with van der Waals surface area (Å²) in [5, 5.41) is 3.43. The van der Waals surface area contributed by atoms with Crippen LogP contribution in [0.4, 0.5) is 0 Å². The Kier molecular flexibility index (Phi) is 8.98. The number of primary amides is 1. The average molecular weight is 551 g/mol. The molecule has 3 N–H and O–H groups in total. The summed E-state index contributed by atoms with van der Waals surface area (Å²) in [7, 11) is 0. The van der Waals surface area contributed by atoms with Gasteiger partial charge in [-0.1, -0.05) is 30.3 Å². The molecule has 1 amide bonds. The number of likely N-dealkylation sites (tertiary alicyclic amines) is 2. The topological polar surface area (TPSA) is 87.1 Å². The molecule has 4 rings (SSSR count). The number of piperidine rings is 2. The van der Waals surface area contributed by atoms with Crippen molar-refractivity contribution in [2.24, 2.45) is 16.6 Å². The highest BCUT2D eigenvalue weighted by Crippen LogP contribution is 2.31. The van der Waals surface area contributed by atoms with E-state index >= 15 is 0 Å². The molecule has 7 nitrogen and oxygen atoms in total. The summed E-state index contributed by atoms with van der Waals surface area (Å²) in [4.78, 5) is 21.1. The Balaban J connectivity index is 0.00000289. The summed E-state index contributed by atoms with van der Waals surface area (Å²) in [6.07, 6.45) is 3.66. The highest BCUT2D eigenvalue weighted by molar-refractivity contribution is 14.0. The van der Waals surface area contributed by atoms with Gasteiger partial charge >= 0.3 is 0 Å². The first kappa shape index (κ1) is 24.6. The molecule has 2 atom stereocenters. The second-order valence-corrected chi connectivity index (χ2v) is 8.46. The van der Waals surface area contributed by atoms with Crippen LogP contribution in [0.3, 0.4) is 0 Å². The molecule has 0 radical (unpaired) electrons. The van der Waals surface area contributed by atoms with Crippen LogP contribution in [0.5, 0.6) is 0 Å². The van der Waals surface area contributed by atoms with E-state index in [0.717, 1.165) is 38.6 Å². The first-order valence-corrected chi connectivity index (χ1v) is 11.3. The average Bonchev–Trinajstić information content (AvgIpc) is 3.27. The van der Waals surface area contributed by atoms with Gasteiger partial charge in [-0.2, -0.15) is 0 Å². The van der Waals surface area contributed by atoms with E-state index in [1.54, 1.807) is 12.1 Å². The van der Waals surface area contributed by atoms with Gasteiger partial charge < -0.3 is 20.4 Å². The third-order valence-electron chi connectivity index (χ3n) is 6.34. The van der Waals surface area contributed by atoms with Crippen LogP contribution in [0.1, 0.15) is 48.1 Å². The lowest BCUT2D eigenvalue weighted by Crippen LogP contribution is -2.56. The SMILES string of the molecule is CCNC(=NCc1ccc(C(N)=O)o1)N1CCC2C(CCCN2Cc2ccccc2)C1.I. The lowest BCUT2D eigenvalue weighted by Gasteiger charge is -2.48. The number of amides is 1. The molecule has 2 saturated heterocycles. The molecule has 0 saturated carbocycles. The molecule has 2 unspecified atom stereocenters. The zero-order valence-corrected chi connectivity index (χ0v) is 21.0. The lowest BCUT2D eigenvalue weighted by molar-refractivity contribution is 0.0372. The maximum Gasteiger partial charge on any atom is 0.284 e. The molecule has 2 aliphatic rings. The van der Waals surface area contributed by atoms with Crippen LogP contribution >= 0.6 is 24.0 Å². The van der Waals surface area contributed by atoms with Crippen LogP contribution < -0.4 is 11.1 Å². The molecule has 2 aromatic rings. The van der Waals surface area contributed by atoms with Crippen LogP contribution in [-0.4, -0.2) is 53.9 Å². The Morgan fingerprint density at radius 2 is 2.00 bits per heavy atom.